The number of aromatic nitrogens is 2. The zero-order chi connectivity index (χ0) is 16.6. The fourth-order valence-electron chi connectivity index (χ4n) is 2.28. The predicted molar refractivity (Wildman–Crippen MR) is 92.1 cm³/mol. The van der Waals surface area contributed by atoms with Gasteiger partial charge in [0, 0.05) is 31.0 Å². The molecular weight excluding hydrogens is 302 g/mol. The van der Waals surface area contributed by atoms with E-state index in [1.807, 2.05) is 41.1 Å². The molecule has 1 aromatic heterocycles. The van der Waals surface area contributed by atoms with Gasteiger partial charge in [-0.15, -0.1) is 0 Å². The highest BCUT2D eigenvalue weighted by atomic mass is 16.5. The number of benzene rings is 2. The van der Waals surface area contributed by atoms with E-state index in [1.54, 1.807) is 36.8 Å². The Labute approximate surface area is 140 Å². The molecule has 3 rings (SSSR count). The molecule has 0 spiro atoms. The van der Waals surface area contributed by atoms with E-state index >= 15 is 0 Å². The number of aryl methyl sites for hydroxylation is 1. The maximum absolute atomic E-state index is 12.1. The number of amides is 1. The molecule has 1 heterocycles. The highest BCUT2D eigenvalue weighted by molar-refractivity contribution is 5.94. The second-order valence-corrected chi connectivity index (χ2v) is 5.35. The first kappa shape index (κ1) is 15.8. The van der Waals surface area contributed by atoms with Crippen LogP contribution in [-0.4, -0.2) is 22.0 Å². The number of carbonyl (C=O) groups excluding carboxylic acids is 1. The molecule has 5 heteroatoms. The van der Waals surface area contributed by atoms with Gasteiger partial charge >= 0.3 is 0 Å². The van der Waals surface area contributed by atoms with Gasteiger partial charge in [-0.2, -0.15) is 0 Å². The Morgan fingerprint density at radius 1 is 1.04 bits per heavy atom. The van der Waals surface area contributed by atoms with Crippen LogP contribution < -0.4 is 10.1 Å². The van der Waals surface area contributed by atoms with Crippen molar-refractivity contribution in [3.63, 3.8) is 0 Å². The molecule has 0 radical (unpaired) electrons. The minimum absolute atomic E-state index is 0.0770. The van der Waals surface area contributed by atoms with E-state index in [9.17, 15) is 4.79 Å². The molecule has 0 saturated carbocycles. The summed E-state index contributed by atoms with van der Waals surface area (Å²) < 4.78 is 7.70. The molecule has 0 aliphatic carbocycles. The molecule has 0 fully saturated rings. The van der Waals surface area contributed by atoms with Gasteiger partial charge in [0.1, 0.15) is 11.5 Å². The number of ether oxygens (including phenoxy) is 1. The fraction of sp³-hybridized carbons (Fsp3) is 0.158. The Hall–Kier alpha value is -3.08. The second-order valence-electron chi connectivity index (χ2n) is 5.35. The summed E-state index contributed by atoms with van der Waals surface area (Å²) in [5.74, 6) is 1.40. The summed E-state index contributed by atoms with van der Waals surface area (Å²) in [5, 5.41) is 2.92. The molecule has 1 N–H and O–H groups in total. The summed E-state index contributed by atoms with van der Waals surface area (Å²) >= 11 is 0. The molecule has 3 aromatic rings. The van der Waals surface area contributed by atoms with Crippen molar-refractivity contribution in [2.45, 2.75) is 13.0 Å². The van der Waals surface area contributed by atoms with E-state index in [2.05, 4.69) is 10.3 Å². The first-order valence-corrected chi connectivity index (χ1v) is 7.88. The predicted octanol–water partition coefficient (Wildman–Crippen LogP) is 3.50. The first-order valence-electron chi connectivity index (χ1n) is 7.88. The van der Waals surface area contributed by atoms with E-state index < -0.39 is 0 Å². The van der Waals surface area contributed by atoms with Crippen LogP contribution >= 0.6 is 0 Å². The monoisotopic (exact) mass is 321 g/mol. The zero-order valence-electron chi connectivity index (χ0n) is 13.3. The highest BCUT2D eigenvalue weighted by Gasteiger charge is 2.05. The molecule has 0 aliphatic rings. The molecule has 0 unspecified atom stereocenters. The number of rotatable bonds is 7. The average Bonchev–Trinajstić information content (AvgIpc) is 3.13. The van der Waals surface area contributed by atoms with Crippen molar-refractivity contribution in [3.8, 4) is 11.5 Å². The maximum atomic E-state index is 12.1. The Morgan fingerprint density at radius 3 is 2.50 bits per heavy atom. The van der Waals surface area contributed by atoms with Crippen LogP contribution in [0.3, 0.4) is 0 Å². The topological polar surface area (TPSA) is 56.2 Å². The standard InChI is InChI=1S/C19H19N3O2/c23-19(21-11-4-13-22-14-12-20-15-22)16-7-9-18(10-8-16)24-17-5-2-1-3-6-17/h1-3,5-10,12,14-15H,4,11,13H2,(H,21,23). The fourth-order valence-corrected chi connectivity index (χ4v) is 2.28. The maximum Gasteiger partial charge on any atom is 0.251 e. The van der Waals surface area contributed by atoms with Crippen LogP contribution in [0.5, 0.6) is 11.5 Å². The summed E-state index contributed by atoms with van der Waals surface area (Å²) in [6.07, 6.45) is 6.29. The van der Waals surface area contributed by atoms with E-state index in [0.717, 1.165) is 18.7 Å². The average molecular weight is 321 g/mol. The van der Waals surface area contributed by atoms with Crippen molar-refractivity contribution in [1.82, 2.24) is 14.9 Å². The molecule has 2 aromatic carbocycles. The molecule has 5 nitrogen and oxygen atoms in total. The Kier molecular flexibility index (Phi) is 5.24. The number of carbonyl (C=O) groups is 1. The lowest BCUT2D eigenvalue weighted by molar-refractivity contribution is 0.0952. The minimum atomic E-state index is -0.0770. The third-order valence-electron chi connectivity index (χ3n) is 3.53. The Balaban J connectivity index is 1.46. The van der Waals surface area contributed by atoms with E-state index in [4.69, 9.17) is 4.74 Å². The largest absolute Gasteiger partial charge is 0.457 e. The van der Waals surface area contributed by atoms with Gasteiger partial charge in [0.25, 0.3) is 5.91 Å². The molecule has 24 heavy (non-hydrogen) atoms. The molecule has 0 aliphatic heterocycles. The lowest BCUT2D eigenvalue weighted by Gasteiger charge is -2.08. The van der Waals surface area contributed by atoms with E-state index in [1.165, 1.54) is 0 Å². The summed E-state index contributed by atoms with van der Waals surface area (Å²) in [6, 6.07) is 16.7. The summed E-state index contributed by atoms with van der Waals surface area (Å²) in [4.78, 5) is 16.1. The van der Waals surface area contributed by atoms with Crippen LogP contribution in [0.1, 0.15) is 16.8 Å². The Bertz CT molecular complexity index is 753. The number of nitrogens with zero attached hydrogens (tertiary/aromatic N) is 2. The first-order chi connectivity index (χ1) is 11.8. The number of imidazole rings is 1. The highest BCUT2D eigenvalue weighted by Crippen LogP contribution is 2.21. The summed E-state index contributed by atoms with van der Waals surface area (Å²) in [5.41, 5.74) is 0.623. The van der Waals surface area contributed by atoms with Crippen LogP contribution in [-0.2, 0) is 6.54 Å². The van der Waals surface area contributed by atoms with Crippen LogP contribution in [0.15, 0.2) is 73.3 Å². The number of para-hydroxylation sites is 1. The molecule has 0 bridgehead atoms. The molecule has 1 amide bonds. The van der Waals surface area contributed by atoms with Crippen molar-refractivity contribution in [2.75, 3.05) is 6.54 Å². The van der Waals surface area contributed by atoms with Crippen LogP contribution in [0.25, 0.3) is 0 Å². The van der Waals surface area contributed by atoms with Crippen LogP contribution in [0, 0.1) is 0 Å². The van der Waals surface area contributed by atoms with Gasteiger partial charge in [-0.1, -0.05) is 18.2 Å². The summed E-state index contributed by atoms with van der Waals surface area (Å²) in [6.45, 7) is 1.46. The van der Waals surface area contributed by atoms with Gasteiger partial charge in [0.05, 0.1) is 6.33 Å². The van der Waals surface area contributed by atoms with Gasteiger partial charge < -0.3 is 14.6 Å². The third-order valence-corrected chi connectivity index (χ3v) is 3.53. The zero-order valence-corrected chi connectivity index (χ0v) is 13.3. The smallest absolute Gasteiger partial charge is 0.251 e. The second kappa shape index (κ2) is 7.97. The number of hydrogen-bond acceptors (Lipinski definition) is 3. The van der Waals surface area contributed by atoms with Crippen molar-refractivity contribution in [3.05, 3.63) is 78.9 Å². The van der Waals surface area contributed by atoms with Crippen molar-refractivity contribution < 1.29 is 9.53 Å². The molecular formula is C19H19N3O2. The summed E-state index contributed by atoms with van der Waals surface area (Å²) in [7, 11) is 0. The molecule has 0 saturated heterocycles. The van der Waals surface area contributed by atoms with Gasteiger partial charge in [-0.05, 0) is 42.8 Å². The quantitative estimate of drug-likeness (QED) is 0.678. The van der Waals surface area contributed by atoms with Crippen molar-refractivity contribution in [1.29, 1.82) is 0 Å². The number of nitrogens with one attached hydrogen (secondary N) is 1. The van der Waals surface area contributed by atoms with Gasteiger partial charge in [0.15, 0.2) is 0 Å². The number of hydrogen-bond donors (Lipinski definition) is 1. The van der Waals surface area contributed by atoms with Gasteiger partial charge in [-0.3, -0.25) is 4.79 Å². The van der Waals surface area contributed by atoms with E-state index in [-0.39, 0.29) is 5.91 Å². The lowest BCUT2D eigenvalue weighted by Crippen LogP contribution is -2.25. The van der Waals surface area contributed by atoms with Gasteiger partial charge in [0.2, 0.25) is 0 Å². The lowest BCUT2D eigenvalue weighted by atomic mass is 10.2. The molecule has 0 atom stereocenters. The van der Waals surface area contributed by atoms with Crippen molar-refractivity contribution >= 4 is 5.91 Å². The van der Waals surface area contributed by atoms with Crippen LogP contribution in [0.2, 0.25) is 0 Å². The normalized spacial score (nSPS) is 10.3. The van der Waals surface area contributed by atoms with Gasteiger partial charge in [-0.25, -0.2) is 4.98 Å². The third kappa shape index (κ3) is 4.46. The molecule has 122 valence electrons. The van der Waals surface area contributed by atoms with Crippen molar-refractivity contribution in [2.24, 2.45) is 0 Å². The van der Waals surface area contributed by atoms with Crippen LogP contribution in [0.4, 0.5) is 0 Å². The Morgan fingerprint density at radius 2 is 1.79 bits per heavy atom. The minimum Gasteiger partial charge on any atom is -0.457 e. The van der Waals surface area contributed by atoms with E-state index in [0.29, 0.717) is 17.9 Å². The SMILES string of the molecule is O=C(NCCCn1ccnc1)c1ccc(Oc2ccccc2)cc1.